The van der Waals surface area contributed by atoms with E-state index >= 15 is 0 Å². The van der Waals surface area contributed by atoms with Crippen LogP contribution in [0.25, 0.3) is 10.9 Å². The van der Waals surface area contributed by atoms with Crippen LogP contribution < -0.4 is 4.74 Å². The van der Waals surface area contributed by atoms with Crippen LogP contribution in [0.3, 0.4) is 0 Å². The minimum absolute atomic E-state index is 0.225. The number of esters is 1. The largest absolute Gasteiger partial charge is 0.424 e. The summed E-state index contributed by atoms with van der Waals surface area (Å²) in [5.74, 6) is 0.371. The maximum atomic E-state index is 11.8. The molecule has 3 nitrogen and oxygen atoms in total. The number of nitrogens with one attached hydrogen (secondary N) is 1. The number of carbonyl (C=O) groups is 1. The number of halogens is 1. The van der Waals surface area contributed by atoms with Gasteiger partial charge in [-0.1, -0.05) is 0 Å². The molecule has 0 amide bonds. The Kier molecular flexibility index (Phi) is 3.16. The summed E-state index contributed by atoms with van der Waals surface area (Å²) in [6, 6.07) is 5.98. The van der Waals surface area contributed by atoms with E-state index < -0.39 is 5.41 Å². The maximum Gasteiger partial charge on any atom is 0.316 e. The van der Waals surface area contributed by atoms with Gasteiger partial charge in [-0.25, -0.2) is 0 Å². The number of hydrogen-bond acceptors (Lipinski definition) is 2. The molecule has 0 atom stereocenters. The van der Waals surface area contributed by atoms with E-state index in [9.17, 15) is 4.79 Å². The molecule has 2 rings (SSSR count). The molecule has 0 aliphatic carbocycles. The van der Waals surface area contributed by atoms with E-state index in [0.717, 1.165) is 14.5 Å². The number of fused-ring (bicyclic) bond motifs is 1. The number of aromatic amines is 1. The van der Waals surface area contributed by atoms with Gasteiger partial charge in [0, 0.05) is 20.7 Å². The first-order chi connectivity index (χ1) is 7.88. The summed E-state index contributed by atoms with van der Waals surface area (Å²) < 4.78 is 6.53. The lowest BCUT2D eigenvalue weighted by Crippen LogP contribution is -2.25. The van der Waals surface area contributed by atoms with E-state index in [0.29, 0.717) is 5.75 Å². The van der Waals surface area contributed by atoms with E-state index in [2.05, 4.69) is 27.6 Å². The molecule has 0 saturated heterocycles. The van der Waals surface area contributed by atoms with Gasteiger partial charge in [-0.3, -0.25) is 4.79 Å². The Bertz CT molecular complexity index is 566. The number of aromatic nitrogens is 1. The Balaban J connectivity index is 2.37. The third-order valence-corrected chi connectivity index (χ3v) is 3.09. The fourth-order valence-electron chi connectivity index (χ4n) is 1.40. The minimum atomic E-state index is -0.495. The molecule has 1 N–H and O–H groups in total. The molecule has 2 aromatic rings. The van der Waals surface area contributed by atoms with E-state index in [1.807, 2.05) is 39.0 Å². The fourth-order valence-corrected chi connectivity index (χ4v) is 1.90. The summed E-state index contributed by atoms with van der Waals surface area (Å²) in [5, 5.41) is 0.939. The van der Waals surface area contributed by atoms with Gasteiger partial charge >= 0.3 is 5.97 Å². The summed E-state index contributed by atoms with van der Waals surface area (Å²) in [7, 11) is 0. The molecule has 0 aliphatic rings. The number of benzene rings is 1. The Morgan fingerprint density at radius 3 is 2.71 bits per heavy atom. The smallest absolute Gasteiger partial charge is 0.316 e. The first-order valence-electron chi connectivity index (χ1n) is 5.37. The molecule has 0 radical (unpaired) electrons. The first kappa shape index (κ1) is 12.4. The highest BCUT2D eigenvalue weighted by molar-refractivity contribution is 14.1. The lowest BCUT2D eigenvalue weighted by Gasteiger charge is -2.15. The number of H-pyrrole nitrogens is 1. The second-order valence-corrected chi connectivity index (χ2v) is 6.23. The average Bonchev–Trinajstić information content (AvgIpc) is 2.60. The van der Waals surface area contributed by atoms with Crippen molar-refractivity contribution in [2.24, 2.45) is 5.41 Å². The van der Waals surface area contributed by atoms with Gasteiger partial charge in [0.2, 0.25) is 0 Å². The van der Waals surface area contributed by atoms with Crippen LogP contribution in [0.5, 0.6) is 5.75 Å². The van der Waals surface area contributed by atoms with Crippen LogP contribution in [-0.2, 0) is 4.79 Å². The van der Waals surface area contributed by atoms with E-state index in [-0.39, 0.29) is 5.97 Å². The highest BCUT2D eigenvalue weighted by Crippen LogP contribution is 2.28. The molecule has 4 heteroatoms. The van der Waals surface area contributed by atoms with Gasteiger partial charge in [-0.05, 0) is 61.6 Å². The lowest BCUT2D eigenvalue weighted by molar-refractivity contribution is -0.142. The SMILES string of the molecule is CC(C)(C)C(=O)Oc1c[nH]c2ccc(I)cc12. The second-order valence-electron chi connectivity index (χ2n) is 4.98. The predicted molar refractivity (Wildman–Crippen MR) is 76.1 cm³/mol. The first-order valence-corrected chi connectivity index (χ1v) is 6.45. The molecule has 0 aliphatic heterocycles. The molecular weight excluding hydrogens is 329 g/mol. The molecular formula is C13H14INO2. The molecule has 1 heterocycles. The van der Waals surface area contributed by atoms with Crippen LogP contribution in [0.4, 0.5) is 0 Å². The van der Waals surface area contributed by atoms with E-state index in [4.69, 9.17) is 4.74 Å². The third kappa shape index (κ3) is 2.62. The van der Waals surface area contributed by atoms with Gasteiger partial charge in [0.15, 0.2) is 5.75 Å². The van der Waals surface area contributed by atoms with Crippen molar-refractivity contribution in [2.45, 2.75) is 20.8 Å². The molecule has 90 valence electrons. The van der Waals surface area contributed by atoms with E-state index in [1.165, 1.54) is 0 Å². The van der Waals surface area contributed by atoms with E-state index in [1.54, 1.807) is 6.20 Å². The zero-order valence-corrected chi connectivity index (χ0v) is 12.2. The number of rotatable bonds is 1. The van der Waals surface area contributed by atoms with Gasteiger partial charge in [0.1, 0.15) is 0 Å². The lowest BCUT2D eigenvalue weighted by atomic mass is 9.97. The zero-order valence-electron chi connectivity index (χ0n) is 10.0. The summed E-state index contributed by atoms with van der Waals surface area (Å²) in [4.78, 5) is 14.9. The summed E-state index contributed by atoms with van der Waals surface area (Å²) in [6.45, 7) is 5.52. The fraction of sp³-hybridized carbons (Fsp3) is 0.308. The van der Waals surface area contributed by atoms with Crippen LogP contribution in [0, 0.1) is 8.99 Å². The molecule has 17 heavy (non-hydrogen) atoms. The standard InChI is InChI=1S/C13H14INO2/c1-13(2,3)12(16)17-11-7-15-10-5-4-8(14)6-9(10)11/h4-7,15H,1-3H3. The monoisotopic (exact) mass is 343 g/mol. The van der Waals surface area contributed by atoms with Crippen molar-refractivity contribution in [3.63, 3.8) is 0 Å². The van der Waals surface area contributed by atoms with Crippen LogP contribution in [0.2, 0.25) is 0 Å². The van der Waals surface area contributed by atoms with Gasteiger partial charge in [-0.15, -0.1) is 0 Å². The number of hydrogen-bond donors (Lipinski definition) is 1. The second kappa shape index (κ2) is 4.33. The van der Waals surface area contributed by atoms with Gasteiger partial charge < -0.3 is 9.72 Å². The van der Waals surface area contributed by atoms with Crippen LogP contribution in [0.15, 0.2) is 24.4 Å². The molecule has 0 unspecified atom stereocenters. The molecule has 0 bridgehead atoms. The Morgan fingerprint density at radius 2 is 2.06 bits per heavy atom. The quantitative estimate of drug-likeness (QED) is 0.633. The van der Waals surface area contributed by atoms with Crippen molar-refractivity contribution in [1.82, 2.24) is 4.98 Å². The zero-order chi connectivity index (χ0) is 12.6. The molecule has 0 fully saturated rings. The summed E-state index contributed by atoms with van der Waals surface area (Å²) in [6.07, 6.45) is 1.73. The van der Waals surface area contributed by atoms with Crippen LogP contribution in [0.1, 0.15) is 20.8 Å². The van der Waals surface area contributed by atoms with Crippen molar-refractivity contribution < 1.29 is 9.53 Å². The van der Waals surface area contributed by atoms with Crippen molar-refractivity contribution in [2.75, 3.05) is 0 Å². The molecule has 0 saturated carbocycles. The predicted octanol–water partition coefficient (Wildman–Crippen LogP) is 3.72. The summed E-state index contributed by atoms with van der Waals surface area (Å²) in [5.41, 5.74) is 0.480. The molecule has 1 aromatic heterocycles. The summed E-state index contributed by atoms with van der Waals surface area (Å²) >= 11 is 2.24. The number of ether oxygens (including phenoxy) is 1. The highest BCUT2D eigenvalue weighted by Gasteiger charge is 2.24. The Morgan fingerprint density at radius 1 is 1.35 bits per heavy atom. The molecule has 0 spiro atoms. The number of carbonyl (C=O) groups excluding carboxylic acids is 1. The normalized spacial score (nSPS) is 11.8. The van der Waals surface area contributed by atoms with Crippen LogP contribution in [-0.4, -0.2) is 11.0 Å². The average molecular weight is 343 g/mol. The van der Waals surface area contributed by atoms with Gasteiger partial charge in [0.25, 0.3) is 0 Å². The minimum Gasteiger partial charge on any atom is -0.424 e. The van der Waals surface area contributed by atoms with Crippen molar-refractivity contribution in [3.8, 4) is 5.75 Å². The van der Waals surface area contributed by atoms with Gasteiger partial charge in [0.05, 0.1) is 5.41 Å². The maximum absolute atomic E-state index is 11.8. The van der Waals surface area contributed by atoms with Crippen LogP contribution >= 0.6 is 22.6 Å². The molecule has 1 aromatic carbocycles. The topological polar surface area (TPSA) is 42.1 Å². The van der Waals surface area contributed by atoms with Crippen molar-refractivity contribution in [3.05, 3.63) is 28.0 Å². The van der Waals surface area contributed by atoms with Crippen molar-refractivity contribution in [1.29, 1.82) is 0 Å². The van der Waals surface area contributed by atoms with Gasteiger partial charge in [-0.2, -0.15) is 0 Å². The van der Waals surface area contributed by atoms with Crippen molar-refractivity contribution >= 4 is 39.5 Å². The Labute approximate surface area is 114 Å². The Hall–Kier alpha value is -1.04. The third-order valence-electron chi connectivity index (χ3n) is 2.42. The highest BCUT2D eigenvalue weighted by atomic mass is 127.